The van der Waals surface area contributed by atoms with Gasteiger partial charge < -0.3 is 15.4 Å². The van der Waals surface area contributed by atoms with Crippen LogP contribution in [0.25, 0.3) is 11.3 Å². The Kier molecular flexibility index (Phi) is 8.32. The predicted molar refractivity (Wildman–Crippen MR) is 143 cm³/mol. The highest BCUT2D eigenvalue weighted by atomic mass is 19.2. The number of aromatic nitrogens is 2. The van der Waals surface area contributed by atoms with Gasteiger partial charge in [0.05, 0.1) is 24.0 Å². The third-order valence-corrected chi connectivity index (χ3v) is 6.88. The Bertz CT molecular complexity index is 1350. The number of para-hydroxylation sites is 1. The molecular weight excluding hydrogens is 506 g/mol. The van der Waals surface area contributed by atoms with E-state index in [1.165, 1.54) is 6.07 Å². The number of carbonyl (C=O) groups is 1. The first-order valence-corrected chi connectivity index (χ1v) is 12.9. The van der Waals surface area contributed by atoms with E-state index < -0.39 is 29.8 Å². The van der Waals surface area contributed by atoms with Crippen molar-refractivity contribution in [2.45, 2.75) is 25.5 Å². The summed E-state index contributed by atoms with van der Waals surface area (Å²) in [7, 11) is 1.58. The summed E-state index contributed by atoms with van der Waals surface area (Å²) in [5.74, 6) is -1.37. The monoisotopic (exact) mass is 538 g/mol. The molecule has 9 nitrogen and oxygen atoms in total. The molecule has 0 unspecified atom stereocenters. The molecule has 3 heterocycles. The highest BCUT2D eigenvalue weighted by Crippen LogP contribution is 2.32. The number of ether oxygens (including phenoxy) is 1. The highest BCUT2D eigenvalue weighted by molar-refractivity contribution is 5.90. The minimum Gasteiger partial charge on any atom is -0.383 e. The van der Waals surface area contributed by atoms with E-state index >= 15 is 0 Å². The number of carbonyl (C=O) groups excluding carboxylic acids is 1. The van der Waals surface area contributed by atoms with Gasteiger partial charge in [-0.05, 0) is 55.3 Å². The predicted octanol–water partition coefficient (Wildman–Crippen LogP) is 3.96. The van der Waals surface area contributed by atoms with Crippen LogP contribution in [0.1, 0.15) is 29.3 Å². The SMILES string of the molecule is COCCN1C[C@@H](NC(=O)Nc2c(C)c(C3=CCNCC3)nn2-c2ccccc2)[C@H](c2ccc(F)c(F)c2)O1. The van der Waals surface area contributed by atoms with Crippen molar-refractivity contribution in [1.82, 2.24) is 25.5 Å². The van der Waals surface area contributed by atoms with Crippen LogP contribution in [0.5, 0.6) is 0 Å². The second-order valence-electron chi connectivity index (χ2n) is 9.54. The summed E-state index contributed by atoms with van der Waals surface area (Å²) in [5.41, 5.74) is 4.05. The van der Waals surface area contributed by atoms with Gasteiger partial charge in [-0.3, -0.25) is 10.2 Å². The Morgan fingerprint density at radius 3 is 2.74 bits per heavy atom. The first-order chi connectivity index (χ1) is 18.9. The fourth-order valence-corrected chi connectivity index (χ4v) is 4.89. The maximum atomic E-state index is 14.0. The van der Waals surface area contributed by atoms with Crippen LogP contribution in [-0.4, -0.2) is 66.8 Å². The molecule has 2 aliphatic rings. The zero-order chi connectivity index (χ0) is 27.4. The van der Waals surface area contributed by atoms with Gasteiger partial charge in [0, 0.05) is 32.3 Å². The molecule has 0 spiro atoms. The van der Waals surface area contributed by atoms with Gasteiger partial charge >= 0.3 is 6.03 Å². The molecule has 1 aromatic heterocycles. The molecule has 39 heavy (non-hydrogen) atoms. The number of hydrogen-bond acceptors (Lipinski definition) is 6. The lowest BCUT2D eigenvalue weighted by molar-refractivity contribution is -0.154. The van der Waals surface area contributed by atoms with Gasteiger partial charge in [0.15, 0.2) is 11.6 Å². The Labute approximate surface area is 225 Å². The number of nitrogens with zero attached hydrogens (tertiary/aromatic N) is 3. The Hall–Kier alpha value is -3.64. The molecule has 2 amide bonds. The molecule has 1 fully saturated rings. The van der Waals surface area contributed by atoms with Crippen LogP contribution in [0.3, 0.4) is 0 Å². The van der Waals surface area contributed by atoms with E-state index in [4.69, 9.17) is 14.7 Å². The maximum absolute atomic E-state index is 14.0. The quantitative estimate of drug-likeness (QED) is 0.402. The van der Waals surface area contributed by atoms with Crippen molar-refractivity contribution in [2.24, 2.45) is 0 Å². The molecule has 0 bridgehead atoms. The van der Waals surface area contributed by atoms with Crippen LogP contribution < -0.4 is 16.0 Å². The summed E-state index contributed by atoms with van der Waals surface area (Å²) in [6, 6.07) is 12.2. The normalized spacial score (nSPS) is 19.6. The van der Waals surface area contributed by atoms with Crippen LogP contribution in [0, 0.1) is 18.6 Å². The lowest BCUT2D eigenvalue weighted by atomic mass is 10.0. The van der Waals surface area contributed by atoms with Gasteiger partial charge in [-0.2, -0.15) is 10.2 Å². The molecule has 3 aromatic rings. The van der Waals surface area contributed by atoms with Gasteiger partial charge in [-0.15, -0.1) is 0 Å². The summed E-state index contributed by atoms with van der Waals surface area (Å²) in [4.78, 5) is 19.4. The Morgan fingerprint density at radius 2 is 2.03 bits per heavy atom. The van der Waals surface area contributed by atoms with Crippen molar-refractivity contribution >= 4 is 17.4 Å². The number of urea groups is 1. The molecule has 2 aliphatic heterocycles. The van der Waals surface area contributed by atoms with Gasteiger partial charge in [-0.25, -0.2) is 18.3 Å². The molecule has 2 atom stereocenters. The van der Waals surface area contributed by atoms with Crippen LogP contribution >= 0.6 is 0 Å². The molecule has 0 radical (unpaired) electrons. The molecule has 5 rings (SSSR count). The van der Waals surface area contributed by atoms with Crippen LogP contribution in [0.4, 0.5) is 19.4 Å². The molecule has 2 aromatic carbocycles. The summed E-state index contributed by atoms with van der Waals surface area (Å²) in [6.07, 6.45) is 2.25. The van der Waals surface area contributed by atoms with E-state index in [-0.39, 0.29) is 0 Å². The van der Waals surface area contributed by atoms with Crippen LogP contribution in [0.2, 0.25) is 0 Å². The van der Waals surface area contributed by atoms with Crippen LogP contribution in [0.15, 0.2) is 54.6 Å². The minimum absolute atomic E-state index is 0.336. The zero-order valence-electron chi connectivity index (χ0n) is 21.9. The van der Waals surface area contributed by atoms with E-state index in [9.17, 15) is 13.6 Å². The average Bonchev–Trinajstić information content (AvgIpc) is 3.50. The fourth-order valence-electron chi connectivity index (χ4n) is 4.89. The second-order valence-corrected chi connectivity index (χ2v) is 9.54. The molecule has 0 saturated carbocycles. The lowest BCUT2D eigenvalue weighted by Crippen LogP contribution is -2.42. The Morgan fingerprint density at radius 1 is 1.21 bits per heavy atom. The van der Waals surface area contributed by atoms with Crippen molar-refractivity contribution < 1.29 is 23.1 Å². The third-order valence-electron chi connectivity index (χ3n) is 6.88. The number of benzene rings is 2. The maximum Gasteiger partial charge on any atom is 0.320 e. The number of nitrogens with one attached hydrogen (secondary N) is 3. The number of halogens is 2. The average molecular weight is 539 g/mol. The van der Waals surface area contributed by atoms with E-state index in [0.717, 1.165) is 54.2 Å². The van der Waals surface area contributed by atoms with Crippen molar-refractivity contribution in [2.75, 3.05) is 45.2 Å². The number of anilines is 1. The van der Waals surface area contributed by atoms with Crippen molar-refractivity contribution in [3.63, 3.8) is 0 Å². The Balaban J connectivity index is 1.40. The van der Waals surface area contributed by atoms with E-state index in [0.29, 0.717) is 31.1 Å². The van der Waals surface area contributed by atoms with E-state index in [1.54, 1.807) is 16.9 Å². The third kappa shape index (κ3) is 6.01. The molecule has 1 saturated heterocycles. The number of hydroxylamine groups is 2. The molecule has 206 valence electrons. The number of rotatable bonds is 8. The van der Waals surface area contributed by atoms with Gasteiger partial charge in [0.1, 0.15) is 11.9 Å². The second kappa shape index (κ2) is 12.0. The summed E-state index contributed by atoms with van der Waals surface area (Å²) < 4.78 is 34.5. The number of amides is 2. The first kappa shape index (κ1) is 26.9. The van der Waals surface area contributed by atoms with Crippen molar-refractivity contribution in [3.8, 4) is 5.69 Å². The molecule has 3 N–H and O–H groups in total. The van der Waals surface area contributed by atoms with E-state index in [1.807, 2.05) is 37.3 Å². The smallest absolute Gasteiger partial charge is 0.320 e. The summed E-state index contributed by atoms with van der Waals surface area (Å²) >= 11 is 0. The molecule has 0 aliphatic carbocycles. The van der Waals surface area contributed by atoms with Gasteiger partial charge in [0.25, 0.3) is 0 Å². The fraction of sp³-hybridized carbons (Fsp3) is 0.357. The summed E-state index contributed by atoms with van der Waals surface area (Å²) in [6.45, 7) is 4.76. The van der Waals surface area contributed by atoms with Gasteiger partial charge in [-0.1, -0.05) is 30.3 Å². The van der Waals surface area contributed by atoms with Crippen LogP contribution in [-0.2, 0) is 9.57 Å². The first-order valence-electron chi connectivity index (χ1n) is 12.9. The number of hydrogen-bond donors (Lipinski definition) is 3. The standard InChI is InChI=1S/C28H32F2N6O3/c1-18-25(19-10-12-31-13-11-19)34-36(21-6-4-3-5-7-21)27(18)33-28(37)32-24-17-35(14-15-38-2)39-26(24)20-8-9-22(29)23(30)16-20/h3-10,16,24,26,31H,11-15,17H2,1-2H3,(H2,32,33,37)/t24-,26+/m1/s1. The minimum atomic E-state index is -0.975. The lowest BCUT2D eigenvalue weighted by Gasteiger charge is -2.20. The van der Waals surface area contributed by atoms with E-state index in [2.05, 4.69) is 22.0 Å². The van der Waals surface area contributed by atoms with Gasteiger partial charge in [0.2, 0.25) is 0 Å². The summed E-state index contributed by atoms with van der Waals surface area (Å²) in [5, 5.41) is 15.8. The largest absolute Gasteiger partial charge is 0.383 e. The van der Waals surface area contributed by atoms with Crippen molar-refractivity contribution in [3.05, 3.63) is 83.1 Å². The molecular formula is C28H32F2N6O3. The highest BCUT2D eigenvalue weighted by Gasteiger charge is 2.37. The molecule has 11 heteroatoms. The topological polar surface area (TPSA) is 92.7 Å². The number of methoxy groups -OCH3 is 1. The zero-order valence-corrected chi connectivity index (χ0v) is 21.9. The van der Waals surface area contributed by atoms with Crippen molar-refractivity contribution in [1.29, 1.82) is 0 Å².